The van der Waals surface area contributed by atoms with Crippen molar-refractivity contribution in [1.82, 2.24) is 0 Å². The lowest BCUT2D eigenvalue weighted by molar-refractivity contribution is 0.0378. The molecule has 0 radical (unpaired) electrons. The summed E-state index contributed by atoms with van der Waals surface area (Å²) in [7, 11) is 0. The van der Waals surface area contributed by atoms with Crippen LogP contribution in [0.2, 0.25) is 0 Å². The highest BCUT2D eigenvalue weighted by Gasteiger charge is 2.19. The van der Waals surface area contributed by atoms with Crippen LogP contribution in [0.1, 0.15) is 46.5 Å². The van der Waals surface area contributed by atoms with Crippen LogP contribution in [-0.4, -0.2) is 12.1 Å². The van der Waals surface area contributed by atoms with Crippen molar-refractivity contribution in [2.24, 2.45) is 0 Å². The molecule has 0 spiro atoms. The zero-order valence-corrected chi connectivity index (χ0v) is 20.1. The molecule has 4 aromatic rings. The Morgan fingerprint density at radius 1 is 0.912 bits per heavy atom. The molecule has 0 atom stereocenters. The van der Waals surface area contributed by atoms with Gasteiger partial charge in [-0.1, -0.05) is 48.0 Å². The molecule has 1 aromatic heterocycles. The van der Waals surface area contributed by atoms with Gasteiger partial charge in [-0.3, -0.25) is 4.79 Å². The molecule has 174 valence electrons. The van der Waals surface area contributed by atoms with E-state index in [1.54, 1.807) is 24.3 Å². The first-order valence-electron chi connectivity index (χ1n) is 11.3. The molecular formula is C29H28O5. The van der Waals surface area contributed by atoms with Crippen molar-refractivity contribution < 1.29 is 18.7 Å². The molecule has 5 nitrogen and oxygen atoms in total. The van der Waals surface area contributed by atoms with Gasteiger partial charge in [-0.15, -0.1) is 0 Å². The summed E-state index contributed by atoms with van der Waals surface area (Å²) < 4.78 is 17.6. The summed E-state index contributed by atoms with van der Waals surface area (Å²) in [5.41, 5.74) is 5.36. The van der Waals surface area contributed by atoms with E-state index in [4.69, 9.17) is 13.9 Å². The second kappa shape index (κ2) is 9.56. The maximum atomic E-state index is 13.5. The third-order valence-electron chi connectivity index (χ3n) is 5.52. The summed E-state index contributed by atoms with van der Waals surface area (Å²) in [6.45, 7) is 9.65. The van der Waals surface area contributed by atoms with Gasteiger partial charge < -0.3 is 13.9 Å². The van der Waals surface area contributed by atoms with E-state index in [0.717, 1.165) is 27.8 Å². The second-order valence-corrected chi connectivity index (χ2v) is 8.85. The van der Waals surface area contributed by atoms with E-state index in [0.29, 0.717) is 22.3 Å². The summed E-state index contributed by atoms with van der Waals surface area (Å²) >= 11 is 0. The van der Waals surface area contributed by atoms with E-state index in [-0.39, 0.29) is 29.9 Å². The maximum absolute atomic E-state index is 13.5. The van der Waals surface area contributed by atoms with Crippen molar-refractivity contribution >= 4 is 16.9 Å². The van der Waals surface area contributed by atoms with Gasteiger partial charge in [0.25, 0.3) is 0 Å². The highest BCUT2D eigenvalue weighted by molar-refractivity contribution is 5.89. The smallest absolute Gasteiger partial charge is 0.338 e. The molecule has 0 saturated heterocycles. The van der Waals surface area contributed by atoms with E-state index >= 15 is 0 Å². The molecular weight excluding hydrogens is 428 g/mol. The molecule has 5 heteroatoms. The third kappa shape index (κ3) is 4.88. The van der Waals surface area contributed by atoms with Crippen LogP contribution in [0.3, 0.4) is 0 Å². The average Bonchev–Trinajstić information content (AvgIpc) is 2.78. The standard InChI is InChI=1S/C29H28O5/c1-17(2)33-29(31)23-12-8-21(9-13-23)16-32-28-26(30)25-20(5)14-19(4)15-24(25)34-27(28)22-10-6-18(3)7-11-22/h6-15,17H,16H2,1-5H3. The maximum Gasteiger partial charge on any atom is 0.338 e. The average molecular weight is 457 g/mol. The summed E-state index contributed by atoms with van der Waals surface area (Å²) in [5, 5.41) is 0.517. The Kier molecular flexibility index (Phi) is 6.55. The fraction of sp³-hybridized carbons (Fsp3) is 0.241. The van der Waals surface area contributed by atoms with E-state index in [9.17, 15) is 9.59 Å². The molecule has 0 amide bonds. The molecule has 0 fully saturated rings. The molecule has 0 aliphatic rings. The molecule has 0 N–H and O–H groups in total. The Morgan fingerprint density at radius 3 is 2.24 bits per heavy atom. The number of carbonyl (C=O) groups excluding carboxylic acids is 1. The van der Waals surface area contributed by atoms with Gasteiger partial charge in [0.2, 0.25) is 11.2 Å². The van der Waals surface area contributed by atoms with Gasteiger partial charge in [0, 0.05) is 5.56 Å². The van der Waals surface area contributed by atoms with Crippen LogP contribution in [0.5, 0.6) is 5.75 Å². The molecule has 0 aliphatic carbocycles. The van der Waals surface area contributed by atoms with Crippen LogP contribution >= 0.6 is 0 Å². The van der Waals surface area contributed by atoms with Gasteiger partial charge in [0.05, 0.1) is 17.1 Å². The Hall–Kier alpha value is -3.86. The highest BCUT2D eigenvalue weighted by atomic mass is 16.5. The van der Waals surface area contributed by atoms with Gasteiger partial charge >= 0.3 is 5.97 Å². The van der Waals surface area contributed by atoms with E-state index in [1.807, 2.05) is 71.0 Å². The molecule has 4 rings (SSSR count). The van der Waals surface area contributed by atoms with Crippen molar-refractivity contribution in [2.75, 3.05) is 0 Å². The largest absolute Gasteiger partial charge is 0.481 e. The minimum absolute atomic E-state index is 0.152. The predicted octanol–water partition coefficient (Wildman–Crippen LogP) is 6.53. The Bertz CT molecular complexity index is 1390. The van der Waals surface area contributed by atoms with Crippen molar-refractivity contribution in [2.45, 2.75) is 47.3 Å². The summed E-state index contributed by atoms with van der Waals surface area (Å²) in [4.78, 5) is 25.6. The van der Waals surface area contributed by atoms with Gasteiger partial charge in [0.1, 0.15) is 12.2 Å². The Morgan fingerprint density at radius 2 is 1.59 bits per heavy atom. The number of fused-ring (bicyclic) bond motifs is 1. The minimum Gasteiger partial charge on any atom is -0.481 e. The molecule has 1 heterocycles. The number of hydrogen-bond donors (Lipinski definition) is 0. The van der Waals surface area contributed by atoms with Gasteiger partial charge in [-0.2, -0.15) is 0 Å². The van der Waals surface area contributed by atoms with Crippen molar-refractivity contribution in [3.05, 3.63) is 98.7 Å². The SMILES string of the molecule is Cc1ccc(-c2oc3cc(C)cc(C)c3c(=O)c2OCc2ccc(C(=O)OC(C)C)cc2)cc1. The number of rotatable bonds is 6. The van der Waals surface area contributed by atoms with Crippen LogP contribution in [0.25, 0.3) is 22.3 Å². The molecule has 0 bridgehead atoms. The van der Waals surface area contributed by atoms with Crippen LogP contribution in [0.15, 0.2) is 69.9 Å². The molecule has 0 aliphatic heterocycles. The Balaban J connectivity index is 1.72. The van der Waals surface area contributed by atoms with Crippen LogP contribution < -0.4 is 10.2 Å². The topological polar surface area (TPSA) is 65.7 Å². The normalized spacial score (nSPS) is 11.1. The van der Waals surface area contributed by atoms with Crippen molar-refractivity contribution in [3.8, 4) is 17.1 Å². The van der Waals surface area contributed by atoms with Crippen LogP contribution in [-0.2, 0) is 11.3 Å². The molecule has 34 heavy (non-hydrogen) atoms. The van der Waals surface area contributed by atoms with E-state index in [2.05, 4.69) is 0 Å². The van der Waals surface area contributed by atoms with Gasteiger partial charge in [-0.25, -0.2) is 4.79 Å². The lowest BCUT2D eigenvalue weighted by Gasteiger charge is -2.14. The number of carbonyl (C=O) groups is 1. The fourth-order valence-electron chi connectivity index (χ4n) is 3.87. The monoisotopic (exact) mass is 456 g/mol. The quantitative estimate of drug-likeness (QED) is 0.309. The summed E-state index contributed by atoms with van der Waals surface area (Å²) in [5.74, 6) is 0.205. The van der Waals surface area contributed by atoms with Crippen molar-refractivity contribution in [3.63, 3.8) is 0 Å². The molecule has 3 aromatic carbocycles. The minimum atomic E-state index is -0.370. The number of benzene rings is 3. The first-order chi connectivity index (χ1) is 16.2. The fourth-order valence-corrected chi connectivity index (χ4v) is 3.87. The zero-order chi connectivity index (χ0) is 24.4. The van der Waals surface area contributed by atoms with Gasteiger partial charge in [-0.05, 0) is 69.5 Å². The number of aryl methyl sites for hydroxylation is 3. The number of hydrogen-bond acceptors (Lipinski definition) is 5. The van der Waals surface area contributed by atoms with E-state index < -0.39 is 0 Å². The first-order valence-corrected chi connectivity index (χ1v) is 11.3. The molecule has 0 unspecified atom stereocenters. The molecule has 0 saturated carbocycles. The first kappa shape index (κ1) is 23.3. The highest BCUT2D eigenvalue weighted by Crippen LogP contribution is 2.33. The zero-order valence-electron chi connectivity index (χ0n) is 20.1. The number of ether oxygens (including phenoxy) is 2. The van der Waals surface area contributed by atoms with E-state index in [1.165, 1.54) is 0 Å². The lowest BCUT2D eigenvalue weighted by atomic mass is 10.0. The summed E-state index contributed by atoms with van der Waals surface area (Å²) in [6.07, 6.45) is -0.185. The summed E-state index contributed by atoms with van der Waals surface area (Å²) in [6, 6.07) is 18.6. The van der Waals surface area contributed by atoms with Crippen molar-refractivity contribution in [1.29, 1.82) is 0 Å². The van der Waals surface area contributed by atoms with Crippen LogP contribution in [0.4, 0.5) is 0 Å². The van der Waals surface area contributed by atoms with Gasteiger partial charge in [0.15, 0.2) is 5.76 Å². The number of esters is 1. The second-order valence-electron chi connectivity index (χ2n) is 8.85. The predicted molar refractivity (Wildman–Crippen MR) is 133 cm³/mol. The Labute approximate surface area is 199 Å². The third-order valence-corrected chi connectivity index (χ3v) is 5.52. The van der Waals surface area contributed by atoms with Crippen LogP contribution in [0, 0.1) is 20.8 Å². The lowest BCUT2D eigenvalue weighted by Crippen LogP contribution is -2.12.